The van der Waals surface area contributed by atoms with E-state index in [4.69, 9.17) is 32.4 Å². The maximum Gasteiger partial charge on any atom is 0.223 e. The maximum absolute atomic E-state index is 12.7. The monoisotopic (exact) mass is 459 g/mol. The zero-order valence-corrected chi connectivity index (χ0v) is 18.7. The number of hydrogen-bond donors (Lipinski definition) is 0. The Morgan fingerprint density at radius 1 is 1.13 bits per heavy atom. The number of rotatable bonds is 6. The summed E-state index contributed by atoms with van der Waals surface area (Å²) in [6.45, 7) is 2.95. The number of halogens is 2. The van der Waals surface area contributed by atoms with E-state index in [2.05, 4.69) is 16.0 Å². The quantitative estimate of drug-likeness (QED) is 0.522. The van der Waals surface area contributed by atoms with Gasteiger partial charge in [-0.2, -0.15) is 0 Å². The van der Waals surface area contributed by atoms with Gasteiger partial charge in [0.25, 0.3) is 0 Å². The Morgan fingerprint density at radius 2 is 1.94 bits per heavy atom. The van der Waals surface area contributed by atoms with Crippen molar-refractivity contribution in [1.29, 1.82) is 0 Å². The molecule has 0 spiro atoms. The Kier molecular flexibility index (Phi) is 6.68. The minimum absolute atomic E-state index is 0.106. The van der Waals surface area contributed by atoms with Crippen LogP contribution in [0.2, 0.25) is 10.0 Å². The number of aryl methyl sites for hydroxylation is 1. The van der Waals surface area contributed by atoms with Gasteiger partial charge in [-0.15, -0.1) is 0 Å². The molecule has 0 atom stereocenters. The van der Waals surface area contributed by atoms with Crippen LogP contribution in [0.25, 0.3) is 11.3 Å². The number of benzene rings is 2. The largest absolute Gasteiger partial charge is 0.497 e. The second-order valence-corrected chi connectivity index (χ2v) is 8.16. The Morgan fingerprint density at radius 3 is 2.68 bits per heavy atom. The molecule has 1 aliphatic heterocycles. The molecule has 8 heteroatoms. The molecule has 1 fully saturated rings. The van der Waals surface area contributed by atoms with Crippen molar-refractivity contribution in [3.05, 3.63) is 64.6 Å². The fraction of sp³-hybridized carbons (Fsp3) is 0.304. The number of carbonyl (C=O) groups excluding carboxylic acids is 1. The van der Waals surface area contributed by atoms with Crippen LogP contribution in [0.5, 0.6) is 5.75 Å². The molecule has 1 aromatic heterocycles. The highest BCUT2D eigenvalue weighted by molar-refractivity contribution is 6.36. The number of carbonyl (C=O) groups is 1. The molecule has 3 aromatic rings. The fourth-order valence-electron chi connectivity index (χ4n) is 3.63. The van der Waals surface area contributed by atoms with Gasteiger partial charge in [-0.1, -0.05) is 29.3 Å². The van der Waals surface area contributed by atoms with Crippen molar-refractivity contribution in [2.45, 2.75) is 12.8 Å². The smallest absolute Gasteiger partial charge is 0.223 e. The average molecular weight is 460 g/mol. The molecule has 4 rings (SSSR count). The molecule has 0 N–H and O–H groups in total. The fourth-order valence-corrected chi connectivity index (χ4v) is 4.13. The normalized spacial score (nSPS) is 14.0. The van der Waals surface area contributed by atoms with E-state index in [-0.39, 0.29) is 5.91 Å². The van der Waals surface area contributed by atoms with Gasteiger partial charge < -0.3 is 19.0 Å². The first kappa shape index (κ1) is 21.5. The summed E-state index contributed by atoms with van der Waals surface area (Å²) < 4.78 is 11.1. The summed E-state index contributed by atoms with van der Waals surface area (Å²) >= 11 is 12.2. The lowest BCUT2D eigenvalue weighted by molar-refractivity contribution is -0.131. The predicted octanol–water partition coefficient (Wildman–Crippen LogP) is 4.94. The number of hydrogen-bond acceptors (Lipinski definition) is 5. The zero-order chi connectivity index (χ0) is 21.8. The third-order valence-electron chi connectivity index (χ3n) is 5.35. The van der Waals surface area contributed by atoms with Crippen molar-refractivity contribution < 1.29 is 13.9 Å². The lowest BCUT2D eigenvalue weighted by atomic mass is 10.2. The van der Waals surface area contributed by atoms with Crippen molar-refractivity contribution in [3.63, 3.8) is 0 Å². The van der Waals surface area contributed by atoms with Crippen LogP contribution in [0.1, 0.15) is 12.3 Å². The standard InChI is InChI=1S/C23H23Cl2N3O3/c1-30-18-4-2-3-17(14-18)27-9-11-28(12-10-27)23(29)8-7-22-26-15-21(31-22)19-6-5-16(24)13-20(19)25/h2-6,13-15H,7-12H2,1H3. The summed E-state index contributed by atoms with van der Waals surface area (Å²) in [5, 5.41) is 1.06. The third kappa shape index (κ3) is 5.14. The third-order valence-corrected chi connectivity index (χ3v) is 5.90. The lowest BCUT2D eigenvalue weighted by Crippen LogP contribution is -2.48. The molecule has 1 saturated heterocycles. The van der Waals surface area contributed by atoms with E-state index in [9.17, 15) is 4.79 Å². The zero-order valence-electron chi connectivity index (χ0n) is 17.2. The molecule has 162 valence electrons. The van der Waals surface area contributed by atoms with Gasteiger partial charge in [0.1, 0.15) is 5.75 Å². The molecule has 2 aromatic carbocycles. The summed E-state index contributed by atoms with van der Waals surface area (Å²) in [6.07, 6.45) is 2.43. The van der Waals surface area contributed by atoms with Crippen LogP contribution in [0, 0.1) is 0 Å². The molecule has 2 heterocycles. The van der Waals surface area contributed by atoms with E-state index in [0.29, 0.717) is 47.6 Å². The highest BCUT2D eigenvalue weighted by Crippen LogP contribution is 2.31. The Bertz CT molecular complexity index is 1060. The highest BCUT2D eigenvalue weighted by atomic mass is 35.5. The number of amides is 1. The number of ether oxygens (including phenoxy) is 1. The molecular formula is C23H23Cl2N3O3. The SMILES string of the molecule is COc1cccc(N2CCN(C(=O)CCc3ncc(-c4ccc(Cl)cc4Cl)o3)CC2)c1. The minimum atomic E-state index is 0.106. The molecule has 31 heavy (non-hydrogen) atoms. The summed E-state index contributed by atoms with van der Waals surface area (Å²) in [6, 6.07) is 13.2. The molecule has 0 radical (unpaired) electrons. The molecule has 0 bridgehead atoms. The van der Waals surface area contributed by atoms with E-state index < -0.39 is 0 Å². The van der Waals surface area contributed by atoms with Crippen LogP contribution >= 0.6 is 23.2 Å². The second-order valence-electron chi connectivity index (χ2n) is 7.31. The van der Waals surface area contributed by atoms with E-state index in [0.717, 1.165) is 30.1 Å². The molecule has 0 unspecified atom stereocenters. The molecular weight excluding hydrogens is 437 g/mol. The number of nitrogens with zero attached hydrogens (tertiary/aromatic N) is 3. The number of piperazine rings is 1. The second kappa shape index (κ2) is 9.62. The van der Waals surface area contributed by atoms with Crippen LogP contribution in [0.15, 0.2) is 53.1 Å². The number of anilines is 1. The lowest BCUT2D eigenvalue weighted by Gasteiger charge is -2.36. The first-order valence-electron chi connectivity index (χ1n) is 10.1. The Balaban J connectivity index is 1.29. The first-order valence-corrected chi connectivity index (χ1v) is 10.9. The van der Waals surface area contributed by atoms with Crippen LogP contribution in [-0.2, 0) is 11.2 Å². The number of oxazole rings is 1. The van der Waals surface area contributed by atoms with Crippen molar-refractivity contribution in [1.82, 2.24) is 9.88 Å². The van der Waals surface area contributed by atoms with Crippen LogP contribution in [0.4, 0.5) is 5.69 Å². The summed E-state index contributed by atoms with van der Waals surface area (Å²) in [4.78, 5) is 21.1. The summed E-state index contributed by atoms with van der Waals surface area (Å²) in [5.41, 5.74) is 1.84. The van der Waals surface area contributed by atoms with Crippen LogP contribution in [0.3, 0.4) is 0 Å². The van der Waals surface area contributed by atoms with Gasteiger partial charge in [0.2, 0.25) is 5.91 Å². The predicted molar refractivity (Wildman–Crippen MR) is 122 cm³/mol. The van der Waals surface area contributed by atoms with Crippen molar-refractivity contribution in [3.8, 4) is 17.1 Å². The van der Waals surface area contributed by atoms with Crippen LogP contribution < -0.4 is 9.64 Å². The van der Waals surface area contributed by atoms with Gasteiger partial charge in [-0.25, -0.2) is 4.98 Å². The topological polar surface area (TPSA) is 58.8 Å². The molecule has 6 nitrogen and oxygen atoms in total. The Hall–Kier alpha value is -2.70. The summed E-state index contributed by atoms with van der Waals surface area (Å²) in [7, 11) is 1.66. The van der Waals surface area contributed by atoms with Gasteiger partial charge in [0.05, 0.1) is 18.3 Å². The van der Waals surface area contributed by atoms with Gasteiger partial charge >= 0.3 is 0 Å². The number of aromatic nitrogens is 1. The maximum atomic E-state index is 12.7. The Labute approximate surface area is 191 Å². The number of methoxy groups -OCH3 is 1. The van der Waals surface area contributed by atoms with E-state index in [1.807, 2.05) is 23.1 Å². The van der Waals surface area contributed by atoms with Gasteiger partial charge in [-0.05, 0) is 30.3 Å². The molecule has 1 amide bonds. The van der Waals surface area contributed by atoms with E-state index in [1.54, 1.807) is 31.5 Å². The van der Waals surface area contributed by atoms with Gasteiger partial charge in [-0.3, -0.25) is 4.79 Å². The van der Waals surface area contributed by atoms with E-state index >= 15 is 0 Å². The molecule has 0 aliphatic carbocycles. The summed E-state index contributed by atoms with van der Waals surface area (Å²) in [5.74, 6) is 2.02. The average Bonchev–Trinajstić information content (AvgIpc) is 3.26. The molecule has 0 saturated carbocycles. The van der Waals surface area contributed by atoms with Crippen molar-refractivity contribution >= 4 is 34.8 Å². The van der Waals surface area contributed by atoms with Crippen molar-refractivity contribution in [2.24, 2.45) is 0 Å². The highest BCUT2D eigenvalue weighted by Gasteiger charge is 2.22. The minimum Gasteiger partial charge on any atom is -0.497 e. The van der Waals surface area contributed by atoms with Crippen molar-refractivity contribution in [2.75, 3.05) is 38.2 Å². The molecule has 1 aliphatic rings. The first-order chi connectivity index (χ1) is 15.0. The van der Waals surface area contributed by atoms with E-state index in [1.165, 1.54) is 0 Å². The van der Waals surface area contributed by atoms with Crippen LogP contribution in [-0.4, -0.2) is 49.1 Å². The van der Waals surface area contributed by atoms with Gasteiger partial charge in [0, 0.05) is 61.4 Å². The van der Waals surface area contributed by atoms with Gasteiger partial charge in [0.15, 0.2) is 11.7 Å².